The summed E-state index contributed by atoms with van der Waals surface area (Å²) in [5, 5.41) is 8.48. The number of urea groups is 1. The van der Waals surface area contributed by atoms with Crippen molar-refractivity contribution in [3.63, 3.8) is 0 Å². The molecule has 1 saturated heterocycles. The second-order valence-corrected chi connectivity index (χ2v) is 17.9. The fraction of sp³-hybridized carbons (Fsp3) is 0.844. The number of likely N-dealkylation sites (tertiary alicyclic amines) is 1. The Morgan fingerprint density at radius 1 is 0.935 bits per heavy atom. The van der Waals surface area contributed by atoms with Crippen molar-refractivity contribution in [2.24, 2.45) is 34.3 Å². The van der Waals surface area contributed by atoms with Gasteiger partial charge in [-0.25, -0.2) is 17.5 Å². The van der Waals surface area contributed by atoms with Crippen molar-refractivity contribution in [3.8, 4) is 0 Å². The Balaban J connectivity index is 2.33. The minimum Gasteiger partial charge on any atom is -0.363 e. The van der Waals surface area contributed by atoms with Gasteiger partial charge >= 0.3 is 6.03 Å². The van der Waals surface area contributed by atoms with Crippen LogP contribution >= 0.6 is 0 Å². The molecular formula is C32H58N6O7S. The lowest BCUT2D eigenvalue weighted by atomic mass is 9.80. The third-order valence-electron chi connectivity index (χ3n) is 9.54. The van der Waals surface area contributed by atoms with E-state index in [4.69, 9.17) is 5.73 Å². The largest absolute Gasteiger partial charge is 0.363 e. The third kappa shape index (κ3) is 10.1. The third-order valence-corrected chi connectivity index (χ3v) is 11.4. The van der Waals surface area contributed by atoms with Gasteiger partial charge in [-0.15, -0.1) is 0 Å². The molecular weight excluding hydrogens is 612 g/mol. The molecule has 1 heterocycles. The van der Waals surface area contributed by atoms with Crippen LogP contribution in [0.2, 0.25) is 0 Å². The quantitative estimate of drug-likeness (QED) is 0.203. The first-order valence-corrected chi connectivity index (χ1v) is 18.1. The summed E-state index contributed by atoms with van der Waals surface area (Å²) in [4.78, 5) is 67.6. The molecule has 1 saturated carbocycles. The Morgan fingerprint density at radius 3 is 1.96 bits per heavy atom. The maximum absolute atomic E-state index is 14.3. The molecule has 2 fully saturated rings. The van der Waals surface area contributed by atoms with E-state index in [9.17, 15) is 32.4 Å². The fourth-order valence-corrected chi connectivity index (χ4v) is 6.91. The molecule has 1 aliphatic carbocycles. The van der Waals surface area contributed by atoms with Crippen molar-refractivity contribution in [1.82, 2.24) is 25.2 Å². The zero-order valence-corrected chi connectivity index (χ0v) is 30.3. The molecule has 5 atom stereocenters. The van der Waals surface area contributed by atoms with E-state index in [2.05, 4.69) is 16.0 Å². The zero-order valence-electron chi connectivity index (χ0n) is 29.4. The predicted octanol–water partition coefficient (Wildman–Crippen LogP) is 2.00. The molecule has 0 bridgehead atoms. The summed E-state index contributed by atoms with van der Waals surface area (Å²) in [7, 11) is -2.03. The number of nitrogens with one attached hydrogen (secondary N) is 3. The van der Waals surface area contributed by atoms with Crippen LogP contribution in [0.3, 0.4) is 0 Å². The molecule has 2 aliphatic rings. The van der Waals surface area contributed by atoms with Gasteiger partial charge in [-0.1, -0.05) is 74.7 Å². The minimum atomic E-state index is -3.49. The van der Waals surface area contributed by atoms with E-state index in [0.29, 0.717) is 12.8 Å². The standard InChI is InChI=1S/C32H58N6O7S/c1-11-46(44,45)37(10)18-23(31(4,5)6)35-30(43)36-26(32(7,8)9)29(42)38-16-15-21(19(2)3)24(38)28(41)34-22(25(39)27(33)40)17-20-13-12-14-20/h19-24,26H,11-18H2,1-10H3,(H2,33,40)(H,34,41)(H2,35,36,43)/t21?,22?,23-,24+,26-/m1/s1. The normalized spacial score (nSPS) is 21.3. The number of carbonyl (C=O) groups is 5. The highest BCUT2D eigenvalue weighted by atomic mass is 32.2. The maximum Gasteiger partial charge on any atom is 0.315 e. The van der Waals surface area contributed by atoms with E-state index in [1.54, 1.807) is 6.92 Å². The Labute approximate surface area is 275 Å². The number of rotatable bonds is 14. The Bertz CT molecular complexity index is 1240. The second-order valence-electron chi connectivity index (χ2n) is 15.5. The number of ketones is 1. The molecule has 5 amide bonds. The Hall–Kier alpha value is -2.74. The molecule has 0 aromatic rings. The highest BCUT2D eigenvalue weighted by Crippen LogP contribution is 2.34. The molecule has 46 heavy (non-hydrogen) atoms. The minimum absolute atomic E-state index is 0.0266. The van der Waals surface area contributed by atoms with Crippen LogP contribution in [-0.2, 0) is 29.2 Å². The molecule has 14 heteroatoms. The number of primary amides is 1. The molecule has 2 unspecified atom stereocenters. The van der Waals surface area contributed by atoms with Crippen molar-refractivity contribution in [3.05, 3.63) is 0 Å². The summed E-state index contributed by atoms with van der Waals surface area (Å²) in [5.74, 6) is -2.98. The highest BCUT2D eigenvalue weighted by Gasteiger charge is 2.48. The summed E-state index contributed by atoms with van der Waals surface area (Å²) in [6, 6.07) is -4.23. The van der Waals surface area contributed by atoms with Crippen LogP contribution in [0.1, 0.15) is 94.4 Å². The van der Waals surface area contributed by atoms with Crippen molar-refractivity contribution >= 4 is 39.6 Å². The molecule has 5 N–H and O–H groups in total. The molecule has 1 aliphatic heterocycles. The number of hydrogen-bond acceptors (Lipinski definition) is 7. The summed E-state index contributed by atoms with van der Waals surface area (Å²) < 4.78 is 26.1. The van der Waals surface area contributed by atoms with Gasteiger partial charge in [-0.05, 0) is 48.3 Å². The lowest BCUT2D eigenvalue weighted by Crippen LogP contribution is -2.62. The van der Waals surface area contributed by atoms with Gasteiger partial charge in [0.15, 0.2) is 0 Å². The topological polar surface area (TPSA) is 188 Å². The summed E-state index contributed by atoms with van der Waals surface area (Å²) in [6.07, 6.45) is 3.70. The van der Waals surface area contributed by atoms with E-state index in [1.165, 1.54) is 16.3 Å². The number of amides is 5. The zero-order chi connectivity index (χ0) is 35.4. The number of nitrogens with two attached hydrogens (primary N) is 1. The van der Waals surface area contributed by atoms with E-state index in [1.807, 2.05) is 55.4 Å². The molecule has 0 radical (unpaired) electrons. The van der Waals surface area contributed by atoms with Crippen molar-refractivity contribution < 1.29 is 32.4 Å². The number of carbonyl (C=O) groups excluding carboxylic acids is 5. The van der Waals surface area contributed by atoms with Crippen molar-refractivity contribution in [2.75, 3.05) is 25.9 Å². The molecule has 13 nitrogen and oxygen atoms in total. The van der Waals surface area contributed by atoms with E-state index in [0.717, 1.165) is 19.3 Å². The first kappa shape index (κ1) is 39.4. The van der Waals surface area contributed by atoms with Crippen molar-refractivity contribution in [2.45, 2.75) is 119 Å². The first-order valence-electron chi connectivity index (χ1n) is 16.5. The highest BCUT2D eigenvalue weighted by molar-refractivity contribution is 7.89. The number of Topliss-reactive ketones (excluding diaryl/α,β-unsaturated/α-hetero) is 1. The molecule has 2 rings (SSSR count). The van der Waals surface area contributed by atoms with Gasteiger partial charge in [-0.3, -0.25) is 19.2 Å². The molecule has 0 aromatic carbocycles. The van der Waals surface area contributed by atoms with E-state index >= 15 is 0 Å². The number of nitrogens with zero attached hydrogens (tertiary/aromatic N) is 2. The number of likely N-dealkylation sites (N-methyl/N-ethyl adjacent to an activating group) is 1. The van der Waals surface area contributed by atoms with E-state index in [-0.39, 0.29) is 36.6 Å². The van der Waals surface area contributed by atoms with Gasteiger partial charge in [-0.2, -0.15) is 0 Å². The average Bonchev–Trinajstić information content (AvgIpc) is 3.36. The van der Waals surface area contributed by atoms with Gasteiger partial charge in [0.25, 0.3) is 5.91 Å². The first-order chi connectivity index (χ1) is 21.0. The smallest absolute Gasteiger partial charge is 0.315 e. The lowest BCUT2D eigenvalue weighted by Gasteiger charge is -2.38. The monoisotopic (exact) mass is 670 g/mol. The van der Waals surface area contributed by atoms with Crippen LogP contribution in [0, 0.1) is 28.6 Å². The van der Waals surface area contributed by atoms with Gasteiger partial charge in [0.05, 0.1) is 11.8 Å². The maximum atomic E-state index is 14.3. The van der Waals surface area contributed by atoms with Crippen LogP contribution in [0.4, 0.5) is 4.79 Å². The fourth-order valence-electron chi connectivity index (χ4n) is 6.09. The van der Waals surface area contributed by atoms with Crippen LogP contribution in [-0.4, -0.2) is 97.2 Å². The number of hydrogen-bond donors (Lipinski definition) is 4. The van der Waals surface area contributed by atoms with Crippen molar-refractivity contribution in [1.29, 1.82) is 0 Å². The Kier molecular flexibility index (Phi) is 13.2. The molecule has 264 valence electrons. The van der Waals surface area contributed by atoms with Gasteiger partial charge in [0.2, 0.25) is 27.6 Å². The van der Waals surface area contributed by atoms with Gasteiger partial charge < -0.3 is 26.6 Å². The second kappa shape index (κ2) is 15.4. The van der Waals surface area contributed by atoms with E-state index < -0.39 is 74.6 Å². The van der Waals surface area contributed by atoms with Crippen LogP contribution in [0.5, 0.6) is 0 Å². The van der Waals surface area contributed by atoms with Crippen LogP contribution in [0.25, 0.3) is 0 Å². The lowest BCUT2D eigenvalue weighted by molar-refractivity contribution is -0.144. The van der Waals surface area contributed by atoms with Crippen LogP contribution < -0.4 is 21.7 Å². The summed E-state index contributed by atoms with van der Waals surface area (Å²) in [6.45, 7) is 16.9. The summed E-state index contributed by atoms with van der Waals surface area (Å²) in [5.41, 5.74) is 4.04. The molecule has 0 aromatic heterocycles. The predicted molar refractivity (Wildman–Crippen MR) is 177 cm³/mol. The average molecular weight is 671 g/mol. The Morgan fingerprint density at radius 2 is 1.52 bits per heavy atom. The molecule has 0 spiro atoms. The SMILES string of the molecule is CCS(=O)(=O)N(C)C[C@@H](NC(=O)N[C@H](C(=O)N1CCC(C(C)C)[C@H]1C(=O)NC(CC1CCC1)C(=O)C(N)=O)C(C)(C)C)C(C)(C)C. The van der Waals surface area contributed by atoms with Crippen LogP contribution in [0.15, 0.2) is 0 Å². The van der Waals surface area contributed by atoms with Gasteiger partial charge in [0, 0.05) is 26.2 Å². The number of sulfonamides is 1. The summed E-state index contributed by atoms with van der Waals surface area (Å²) >= 11 is 0. The van der Waals surface area contributed by atoms with Gasteiger partial charge in [0.1, 0.15) is 12.1 Å².